The van der Waals surface area contributed by atoms with Crippen molar-refractivity contribution in [1.29, 1.82) is 0 Å². The molecule has 0 spiro atoms. The highest BCUT2D eigenvalue weighted by Crippen LogP contribution is 2.22. The molecule has 5 heteroatoms. The SMILES string of the molecule is NCCCCCCNC(=O)c1ccccc1N=Nc1ccccc1. The molecule has 0 saturated carbocycles. The molecular formula is C19H24N4O. The molecule has 2 rings (SSSR count). The van der Waals surface area contributed by atoms with E-state index in [1.807, 2.05) is 42.5 Å². The van der Waals surface area contributed by atoms with Gasteiger partial charge < -0.3 is 11.1 Å². The summed E-state index contributed by atoms with van der Waals surface area (Å²) in [5.74, 6) is -0.114. The topological polar surface area (TPSA) is 79.8 Å². The summed E-state index contributed by atoms with van der Waals surface area (Å²) < 4.78 is 0. The molecule has 0 bridgehead atoms. The van der Waals surface area contributed by atoms with E-state index in [9.17, 15) is 4.79 Å². The first-order valence-corrected chi connectivity index (χ1v) is 8.35. The molecule has 0 radical (unpaired) electrons. The van der Waals surface area contributed by atoms with Crippen molar-refractivity contribution in [2.45, 2.75) is 25.7 Å². The van der Waals surface area contributed by atoms with Crippen LogP contribution in [0.25, 0.3) is 0 Å². The van der Waals surface area contributed by atoms with E-state index in [1.165, 1.54) is 0 Å². The number of hydrogen-bond acceptors (Lipinski definition) is 4. The third-order valence-corrected chi connectivity index (χ3v) is 3.59. The second-order valence-corrected chi connectivity index (χ2v) is 5.51. The molecule has 126 valence electrons. The number of carbonyl (C=O) groups excluding carboxylic acids is 1. The number of azo groups is 1. The summed E-state index contributed by atoms with van der Waals surface area (Å²) in [6.45, 7) is 1.39. The number of rotatable bonds is 9. The maximum absolute atomic E-state index is 12.3. The Balaban J connectivity index is 1.93. The second kappa shape index (κ2) is 10.3. The molecule has 24 heavy (non-hydrogen) atoms. The second-order valence-electron chi connectivity index (χ2n) is 5.51. The number of benzene rings is 2. The van der Waals surface area contributed by atoms with E-state index in [4.69, 9.17) is 5.73 Å². The van der Waals surface area contributed by atoms with Gasteiger partial charge in [0, 0.05) is 6.54 Å². The van der Waals surface area contributed by atoms with Crippen molar-refractivity contribution in [2.75, 3.05) is 13.1 Å². The fourth-order valence-corrected chi connectivity index (χ4v) is 2.28. The smallest absolute Gasteiger partial charge is 0.253 e. The van der Waals surface area contributed by atoms with Gasteiger partial charge in [-0.05, 0) is 43.7 Å². The fourth-order valence-electron chi connectivity index (χ4n) is 2.28. The summed E-state index contributed by atoms with van der Waals surface area (Å²) in [7, 11) is 0. The lowest BCUT2D eigenvalue weighted by atomic mass is 10.1. The number of nitrogens with zero attached hydrogens (tertiary/aromatic N) is 2. The van der Waals surface area contributed by atoms with Crippen molar-refractivity contribution in [3.8, 4) is 0 Å². The van der Waals surface area contributed by atoms with Crippen LogP contribution in [0, 0.1) is 0 Å². The normalized spacial score (nSPS) is 10.9. The minimum absolute atomic E-state index is 0.114. The van der Waals surface area contributed by atoms with Crippen LogP contribution in [0.4, 0.5) is 11.4 Å². The summed E-state index contributed by atoms with van der Waals surface area (Å²) in [4.78, 5) is 12.3. The molecule has 1 amide bonds. The van der Waals surface area contributed by atoms with Gasteiger partial charge in [0.1, 0.15) is 0 Å². The Bertz CT molecular complexity index is 655. The first-order chi connectivity index (χ1) is 11.8. The average Bonchev–Trinajstić information content (AvgIpc) is 2.64. The molecule has 0 aliphatic heterocycles. The molecule has 0 aliphatic carbocycles. The van der Waals surface area contributed by atoms with Crippen LogP contribution in [-0.2, 0) is 0 Å². The van der Waals surface area contributed by atoms with Crippen molar-refractivity contribution >= 4 is 17.3 Å². The lowest BCUT2D eigenvalue weighted by Crippen LogP contribution is -2.24. The third kappa shape index (κ3) is 5.93. The molecule has 2 aromatic rings. The Kier molecular flexibility index (Phi) is 7.63. The zero-order chi connectivity index (χ0) is 17.0. The monoisotopic (exact) mass is 324 g/mol. The number of hydrogen-bond donors (Lipinski definition) is 2. The number of unbranched alkanes of at least 4 members (excludes halogenated alkanes) is 3. The molecular weight excluding hydrogens is 300 g/mol. The Morgan fingerprint density at radius 2 is 1.58 bits per heavy atom. The van der Waals surface area contributed by atoms with E-state index in [-0.39, 0.29) is 5.91 Å². The van der Waals surface area contributed by atoms with Crippen molar-refractivity contribution in [3.05, 3.63) is 60.2 Å². The Morgan fingerprint density at radius 3 is 2.38 bits per heavy atom. The predicted octanol–water partition coefficient (Wildman–Crippen LogP) is 4.35. The van der Waals surface area contributed by atoms with E-state index in [1.54, 1.807) is 12.1 Å². The molecule has 0 aliphatic rings. The minimum atomic E-state index is -0.114. The highest BCUT2D eigenvalue weighted by atomic mass is 16.1. The fraction of sp³-hybridized carbons (Fsp3) is 0.316. The average molecular weight is 324 g/mol. The standard InChI is InChI=1S/C19H24N4O/c20-14-8-1-2-9-15-21-19(24)17-12-6-7-13-18(17)23-22-16-10-4-3-5-11-16/h3-7,10-13H,1-2,8-9,14-15,20H2,(H,21,24). The molecule has 0 unspecified atom stereocenters. The van der Waals surface area contributed by atoms with E-state index in [0.717, 1.165) is 37.9 Å². The van der Waals surface area contributed by atoms with Crippen molar-refractivity contribution in [3.63, 3.8) is 0 Å². The lowest BCUT2D eigenvalue weighted by Gasteiger charge is -2.07. The molecule has 2 aromatic carbocycles. The van der Waals surface area contributed by atoms with Crippen LogP contribution in [0.15, 0.2) is 64.8 Å². The van der Waals surface area contributed by atoms with E-state index in [0.29, 0.717) is 17.8 Å². The van der Waals surface area contributed by atoms with Crippen molar-refractivity contribution in [2.24, 2.45) is 16.0 Å². The first-order valence-electron chi connectivity index (χ1n) is 8.35. The summed E-state index contributed by atoms with van der Waals surface area (Å²) in [6, 6.07) is 16.7. The van der Waals surface area contributed by atoms with Crippen LogP contribution in [-0.4, -0.2) is 19.0 Å². The van der Waals surface area contributed by atoms with Gasteiger partial charge in [-0.2, -0.15) is 5.11 Å². The zero-order valence-corrected chi connectivity index (χ0v) is 13.8. The van der Waals surface area contributed by atoms with Crippen LogP contribution in [0.3, 0.4) is 0 Å². The molecule has 0 heterocycles. The van der Waals surface area contributed by atoms with Crippen LogP contribution in [0.1, 0.15) is 36.0 Å². The van der Waals surface area contributed by atoms with Crippen LogP contribution in [0.2, 0.25) is 0 Å². The van der Waals surface area contributed by atoms with E-state index >= 15 is 0 Å². The largest absolute Gasteiger partial charge is 0.352 e. The van der Waals surface area contributed by atoms with Crippen LogP contribution in [0.5, 0.6) is 0 Å². The van der Waals surface area contributed by atoms with Crippen LogP contribution < -0.4 is 11.1 Å². The molecule has 0 atom stereocenters. The Morgan fingerprint density at radius 1 is 0.875 bits per heavy atom. The summed E-state index contributed by atoms with van der Waals surface area (Å²) in [5, 5.41) is 11.3. The maximum Gasteiger partial charge on any atom is 0.253 e. The van der Waals surface area contributed by atoms with E-state index < -0.39 is 0 Å². The van der Waals surface area contributed by atoms with Gasteiger partial charge >= 0.3 is 0 Å². The number of nitrogens with two attached hydrogens (primary N) is 1. The van der Waals surface area contributed by atoms with Gasteiger partial charge in [-0.3, -0.25) is 4.79 Å². The third-order valence-electron chi connectivity index (χ3n) is 3.59. The van der Waals surface area contributed by atoms with Gasteiger partial charge in [0.15, 0.2) is 0 Å². The van der Waals surface area contributed by atoms with Crippen LogP contribution >= 0.6 is 0 Å². The van der Waals surface area contributed by atoms with Crippen molar-refractivity contribution in [1.82, 2.24) is 5.32 Å². The molecule has 5 nitrogen and oxygen atoms in total. The summed E-state index contributed by atoms with van der Waals surface area (Å²) >= 11 is 0. The predicted molar refractivity (Wildman–Crippen MR) is 96.9 cm³/mol. The van der Waals surface area contributed by atoms with Crippen molar-refractivity contribution < 1.29 is 4.79 Å². The van der Waals surface area contributed by atoms with Gasteiger partial charge in [0.25, 0.3) is 5.91 Å². The van der Waals surface area contributed by atoms with Gasteiger partial charge in [0.05, 0.1) is 16.9 Å². The maximum atomic E-state index is 12.3. The van der Waals surface area contributed by atoms with Gasteiger partial charge in [-0.1, -0.05) is 43.2 Å². The number of nitrogens with one attached hydrogen (secondary N) is 1. The highest BCUT2D eigenvalue weighted by Gasteiger charge is 2.09. The Hall–Kier alpha value is -2.53. The molecule has 0 aromatic heterocycles. The zero-order valence-electron chi connectivity index (χ0n) is 13.8. The lowest BCUT2D eigenvalue weighted by molar-refractivity contribution is 0.0953. The highest BCUT2D eigenvalue weighted by molar-refractivity contribution is 5.98. The van der Waals surface area contributed by atoms with E-state index in [2.05, 4.69) is 15.5 Å². The molecule has 3 N–H and O–H groups in total. The number of carbonyl (C=O) groups is 1. The first kappa shape index (κ1) is 17.8. The summed E-state index contributed by atoms with van der Waals surface area (Å²) in [5.41, 5.74) is 7.33. The Labute approximate surface area is 143 Å². The quantitative estimate of drug-likeness (QED) is 0.531. The minimum Gasteiger partial charge on any atom is -0.352 e. The van der Waals surface area contributed by atoms with Gasteiger partial charge in [-0.15, -0.1) is 5.11 Å². The summed E-state index contributed by atoms with van der Waals surface area (Å²) in [6.07, 6.45) is 4.18. The van der Waals surface area contributed by atoms with Gasteiger partial charge in [0.2, 0.25) is 0 Å². The molecule has 0 saturated heterocycles. The molecule has 0 fully saturated rings. The van der Waals surface area contributed by atoms with Gasteiger partial charge in [-0.25, -0.2) is 0 Å². The number of amides is 1.